The molecule has 3 rings (SSSR count). The van der Waals surface area contributed by atoms with Crippen LogP contribution < -0.4 is 15.4 Å². The molecule has 1 heterocycles. The summed E-state index contributed by atoms with van der Waals surface area (Å²) in [6.45, 7) is 4.64. The summed E-state index contributed by atoms with van der Waals surface area (Å²) < 4.78 is 5.91. The summed E-state index contributed by atoms with van der Waals surface area (Å²) in [4.78, 5) is 18.1. The third-order valence-electron chi connectivity index (χ3n) is 5.01. The Balaban J connectivity index is 0.00000320. The van der Waals surface area contributed by atoms with Gasteiger partial charge in [-0.05, 0) is 29.7 Å². The number of hydrogen-bond donors (Lipinski definition) is 2. The lowest BCUT2D eigenvalue weighted by Gasteiger charge is -2.19. The first-order valence-electron chi connectivity index (χ1n) is 10.2. The molecule has 0 spiro atoms. The quantitative estimate of drug-likeness (QED) is 0.332. The number of ether oxygens (including phenoxy) is 1. The van der Waals surface area contributed by atoms with E-state index in [0.29, 0.717) is 19.6 Å². The number of guanidine groups is 1. The van der Waals surface area contributed by atoms with Crippen molar-refractivity contribution in [2.24, 2.45) is 4.99 Å². The molecule has 0 bridgehead atoms. The molecule has 2 aromatic rings. The van der Waals surface area contributed by atoms with E-state index in [0.717, 1.165) is 42.3 Å². The largest absolute Gasteiger partial charge is 0.489 e. The molecule has 0 aromatic heterocycles. The highest BCUT2D eigenvalue weighted by molar-refractivity contribution is 14.0. The highest BCUT2D eigenvalue weighted by Gasteiger charge is 2.25. The van der Waals surface area contributed by atoms with Crippen molar-refractivity contribution < 1.29 is 9.53 Å². The van der Waals surface area contributed by atoms with Crippen LogP contribution in [0, 0.1) is 0 Å². The molecule has 0 aliphatic carbocycles. The molecular weight excluding hydrogens is 491 g/mol. The van der Waals surface area contributed by atoms with Gasteiger partial charge in [-0.2, -0.15) is 0 Å². The highest BCUT2D eigenvalue weighted by Crippen LogP contribution is 2.15. The normalized spacial score (nSPS) is 16.0. The van der Waals surface area contributed by atoms with Crippen LogP contribution >= 0.6 is 24.0 Å². The van der Waals surface area contributed by atoms with Gasteiger partial charge in [0.25, 0.3) is 0 Å². The smallest absolute Gasteiger partial charge is 0.222 e. The van der Waals surface area contributed by atoms with Crippen molar-refractivity contribution in [3.63, 3.8) is 0 Å². The van der Waals surface area contributed by atoms with Crippen LogP contribution in [0.3, 0.4) is 0 Å². The zero-order chi connectivity index (χ0) is 20.5. The maximum absolute atomic E-state index is 11.8. The summed E-state index contributed by atoms with van der Waals surface area (Å²) in [6.07, 6.45) is 1.50. The number of likely N-dealkylation sites (tertiary alicyclic amines) is 1. The number of benzene rings is 2. The number of nitrogens with one attached hydrogen (secondary N) is 2. The van der Waals surface area contributed by atoms with Gasteiger partial charge in [0.1, 0.15) is 12.4 Å². The van der Waals surface area contributed by atoms with Crippen molar-refractivity contribution in [3.8, 4) is 5.75 Å². The van der Waals surface area contributed by atoms with Crippen LogP contribution in [0.4, 0.5) is 0 Å². The van der Waals surface area contributed by atoms with Gasteiger partial charge in [-0.15, -0.1) is 24.0 Å². The van der Waals surface area contributed by atoms with Crippen LogP contribution in [0.5, 0.6) is 5.75 Å². The minimum absolute atomic E-state index is 0. The molecule has 6 nitrogen and oxygen atoms in total. The molecule has 0 radical (unpaired) electrons. The Bertz CT molecular complexity index is 829. The molecule has 1 aliphatic heterocycles. The minimum Gasteiger partial charge on any atom is -0.489 e. The molecule has 1 saturated heterocycles. The van der Waals surface area contributed by atoms with Crippen molar-refractivity contribution in [3.05, 3.63) is 65.7 Å². The second-order valence-corrected chi connectivity index (χ2v) is 7.17. The molecule has 1 amide bonds. The second-order valence-electron chi connectivity index (χ2n) is 7.17. The molecule has 0 saturated carbocycles. The Kier molecular flexibility index (Phi) is 9.93. The first kappa shape index (κ1) is 24.0. The van der Waals surface area contributed by atoms with Crippen LogP contribution in [-0.2, 0) is 17.9 Å². The van der Waals surface area contributed by atoms with Gasteiger partial charge in [-0.1, -0.05) is 49.4 Å². The Morgan fingerprint density at radius 1 is 1.17 bits per heavy atom. The Hall–Kier alpha value is -2.29. The summed E-state index contributed by atoms with van der Waals surface area (Å²) in [5.74, 6) is 1.81. The topological polar surface area (TPSA) is 66.0 Å². The number of carbonyl (C=O) groups is 1. The zero-order valence-corrected chi connectivity index (χ0v) is 20.0. The first-order chi connectivity index (χ1) is 14.2. The number of hydrogen-bond acceptors (Lipinski definition) is 3. The second kappa shape index (κ2) is 12.4. The molecule has 1 aliphatic rings. The first-order valence-corrected chi connectivity index (χ1v) is 10.2. The van der Waals surface area contributed by atoms with E-state index in [4.69, 9.17) is 4.74 Å². The van der Waals surface area contributed by atoms with Crippen molar-refractivity contribution in [1.82, 2.24) is 15.5 Å². The van der Waals surface area contributed by atoms with Crippen molar-refractivity contribution >= 4 is 35.8 Å². The van der Waals surface area contributed by atoms with E-state index >= 15 is 0 Å². The van der Waals surface area contributed by atoms with E-state index in [1.54, 1.807) is 7.05 Å². The standard InChI is InChI=1S/C23H30N4O2.HI/c1-3-22(28)27-13-12-20(16-27)26-23(24-2)25-15-19-10-7-11-21(14-19)29-17-18-8-5-4-6-9-18;/h4-11,14,20H,3,12-13,15-17H2,1-2H3,(H2,24,25,26);1H. The summed E-state index contributed by atoms with van der Waals surface area (Å²) in [5, 5.41) is 6.77. The van der Waals surface area contributed by atoms with Gasteiger partial charge in [0.2, 0.25) is 5.91 Å². The summed E-state index contributed by atoms with van der Waals surface area (Å²) in [5.41, 5.74) is 2.26. The fraction of sp³-hybridized carbons (Fsp3) is 0.391. The fourth-order valence-corrected chi connectivity index (χ4v) is 3.39. The maximum Gasteiger partial charge on any atom is 0.222 e. The van der Waals surface area contributed by atoms with Gasteiger partial charge in [0.15, 0.2) is 5.96 Å². The number of rotatable bonds is 7. The number of carbonyl (C=O) groups excluding carboxylic acids is 1. The molecular formula is C23H31IN4O2. The SMILES string of the molecule is CCC(=O)N1CCC(NC(=NC)NCc2cccc(OCc3ccccc3)c2)C1.I. The van der Waals surface area contributed by atoms with E-state index in [1.807, 2.05) is 48.2 Å². The Morgan fingerprint density at radius 2 is 1.93 bits per heavy atom. The zero-order valence-electron chi connectivity index (χ0n) is 17.6. The summed E-state index contributed by atoms with van der Waals surface area (Å²) in [7, 11) is 1.76. The van der Waals surface area contributed by atoms with Crippen LogP contribution in [0.1, 0.15) is 30.9 Å². The van der Waals surface area contributed by atoms with E-state index in [1.165, 1.54) is 0 Å². The molecule has 162 valence electrons. The third kappa shape index (κ3) is 7.19. The molecule has 1 atom stereocenters. The summed E-state index contributed by atoms with van der Waals surface area (Å²) >= 11 is 0. The maximum atomic E-state index is 11.8. The number of halogens is 1. The molecule has 30 heavy (non-hydrogen) atoms. The van der Waals surface area contributed by atoms with Crippen LogP contribution in [0.15, 0.2) is 59.6 Å². The predicted molar refractivity (Wildman–Crippen MR) is 131 cm³/mol. The Labute approximate surface area is 196 Å². The molecule has 2 aromatic carbocycles. The molecule has 1 fully saturated rings. The van der Waals surface area contributed by atoms with E-state index in [-0.39, 0.29) is 35.9 Å². The fourth-order valence-electron chi connectivity index (χ4n) is 3.39. The molecule has 7 heteroatoms. The Morgan fingerprint density at radius 3 is 2.67 bits per heavy atom. The van der Waals surface area contributed by atoms with E-state index < -0.39 is 0 Å². The lowest BCUT2D eigenvalue weighted by atomic mass is 10.2. The summed E-state index contributed by atoms with van der Waals surface area (Å²) in [6, 6.07) is 18.4. The lowest BCUT2D eigenvalue weighted by Crippen LogP contribution is -2.44. The molecule has 2 N–H and O–H groups in total. The van der Waals surface area contributed by atoms with Gasteiger partial charge in [0, 0.05) is 39.1 Å². The van der Waals surface area contributed by atoms with Crippen molar-refractivity contribution in [1.29, 1.82) is 0 Å². The molecule has 1 unspecified atom stereocenters. The highest BCUT2D eigenvalue weighted by atomic mass is 127. The van der Waals surface area contributed by atoms with Gasteiger partial charge >= 0.3 is 0 Å². The monoisotopic (exact) mass is 522 g/mol. The van der Waals surface area contributed by atoms with E-state index in [9.17, 15) is 4.79 Å². The minimum atomic E-state index is 0. The third-order valence-corrected chi connectivity index (χ3v) is 5.01. The van der Waals surface area contributed by atoms with Crippen LogP contribution in [0.2, 0.25) is 0 Å². The van der Waals surface area contributed by atoms with Crippen LogP contribution in [-0.4, -0.2) is 42.9 Å². The van der Waals surface area contributed by atoms with Gasteiger partial charge in [-0.25, -0.2) is 0 Å². The van der Waals surface area contributed by atoms with Gasteiger partial charge in [-0.3, -0.25) is 9.79 Å². The van der Waals surface area contributed by atoms with E-state index in [2.05, 4.69) is 33.8 Å². The number of nitrogens with zero attached hydrogens (tertiary/aromatic N) is 2. The van der Waals surface area contributed by atoms with Crippen molar-refractivity contribution in [2.45, 2.75) is 39.0 Å². The number of aliphatic imine (C=N–C) groups is 1. The van der Waals surface area contributed by atoms with Gasteiger partial charge in [0.05, 0.1) is 0 Å². The predicted octanol–water partition coefficient (Wildman–Crippen LogP) is 3.56. The van der Waals surface area contributed by atoms with Crippen molar-refractivity contribution in [2.75, 3.05) is 20.1 Å². The lowest BCUT2D eigenvalue weighted by molar-refractivity contribution is -0.129. The van der Waals surface area contributed by atoms with Crippen LogP contribution in [0.25, 0.3) is 0 Å². The average Bonchev–Trinajstić information content (AvgIpc) is 3.24. The number of amides is 1. The average molecular weight is 522 g/mol. The van der Waals surface area contributed by atoms with Gasteiger partial charge < -0.3 is 20.3 Å².